The van der Waals surface area contributed by atoms with Crippen molar-refractivity contribution in [3.05, 3.63) is 109 Å². The van der Waals surface area contributed by atoms with Gasteiger partial charge in [-0.2, -0.15) is 0 Å². The Morgan fingerprint density at radius 2 is 1.03 bits per heavy atom. The van der Waals surface area contributed by atoms with E-state index in [1.165, 1.54) is 0 Å². The fourth-order valence-electron chi connectivity index (χ4n) is 5.28. The number of aliphatic hydroxyl groups excluding tert-OH is 1. The number of rotatable bonds is 39. The molecule has 1 unspecified atom stereocenters. The largest absolute Gasteiger partial charge is 0.756 e. The van der Waals surface area contributed by atoms with Crippen molar-refractivity contribution in [2.75, 3.05) is 47.5 Å². The lowest BCUT2D eigenvalue weighted by molar-refractivity contribution is -0.870. The van der Waals surface area contributed by atoms with Crippen LogP contribution in [0.1, 0.15) is 136 Å². The van der Waals surface area contributed by atoms with Gasteiger partial charge in [0, 0.05) is 12.8 Å². The van der Waals surface area contributed by atoms with Gasteiger partial charge < -0.3 is 33.0 Å². The van der Waals surface area contributed by atoms with Gasteiger partial charge in [-0.25, -0.2) is 0 Å². The van der Waals surface area contributed by atoms with Gasteiger partial charge in [-0.3, -0.25) is 14.2 Å². The minimum atomic E-state index is -4.67. The van der Waals surface area contributed by atoms with Crippen LogP contribution in [-0.2, 0) is 32.7 Å². The first-order chi connectivity index (χ1) is 29.3. The molecule has 0 aromatic carbocycles. The number of esters is 2. The van der Waals surface area contributed by atoms with Gasteiger partial charge in [-0.15, -0.1) is 0 Å². The molecule has 0 aromatic heterocycles. The molecule has 0 fully saturated rings. The van der Waals surface area contributed by atoms with Crippen LogP contribution in [-0.4, -0.2) is 81.2 Å². The highest BCUT2D eigenvalue weighted by atomic mass is 31.2. The van der Waals surface area contributed by atoms with Crippen LogP contribution in [0.5, 0.6) is 0 Å². The highest BCUT2D eigenvalue weighted by Crippen LogP contribution is 2.38. The van der Waals surface area contributed by atoms with Crippen molar-refractivity contribution in [1.29, 1.82) is 0 Å². The van der Waals surface area contributed by atoms with Gasteiger partial charge in [-0.1, -0.05) is 123 Å². The van der Waals surface area contributed by atoms with E-state index in [-0.39, 0.29) is 32.2 Å². The molecule has 346 valence electrons. The number of allylic oxidation sites excluding steroid dienone is 18. The molecule has 0 rings (SSSR count). The molecule has 0 aromatic rings. The predicted molar refractivity (Wildman–Crippen MR) is 251 cm³/mol. The summed E-state index contributed by atoms with van der Waals surface area (Å²) in [4.78, 5) is 37.6. The van der Waals surface area contributed by atoms with Gasteiger partial charge in [0.25, 0.3) is 7.82 Å². The van der Waals surface area contributed by atoms with Gasteiger partial charge in [-0.05, 0) is 110 Å². The Kier molecular flexibility index (Phi) is 38.4. The molecule has 0 spiro atoms. The number of quaternary nitrogens is 1. The third-order valence-electron chi connectivity index (χ3n) is 8.80. The highest BCUT2D eigenvalue weighted by Gasteiger charge is 2.21. The Morgan fingerprint density at radius 1 is 0.590 bits per heavy atom. The number of hydrogen-bond donors (Lipinski definition) is 1. The number of aliphatic hydroxyl groups is 1. The molecular formula is C50H82NO9P. The summed E-state index contributed by atoms with van der Waals surface area (Å²) in [5, 5.41) is 9.28. The second kappa shape index (κ2) is 40.7. The fourth-order valence-corrected chi connectivity index (χ4v) is 6.01. The van der Waals surface area contributed by atoms with Gasteiger partial charge in [0.15, 0.2) is 6.10 Å². The van der Waals surface area contributed by atoms with Crippen molar-refractivity contribution in [3.63, 3.8) is 0 Å². The molecule has 11 heteroatoms. The lowest BCUT2D eigenvalue weighted by Crippen LogP contribution is -2.37. The Bertz CT molecular complexity index is 1420. The molecule has 0 radical (unpaired) electrons. The summed E-state index contributed by atoms with van der Waals surface area (Å²) in [6, 6.07) is 0. The third kappa shape index (κ3) is 46.0. The zero-order valence-corrected chi connectivity index (χ0v) is 39.3. The number of carbonyl (C=O) groups is 2. The quantitative estimate of drug-likeness (QED) is 0.0211. The Morgan fingerprint density at radius 3 is 1.51 bits per heavy atom. The van der Waals surface area contributed by atoms with Crippen molar-refractivity contribution in [3.8, 4) is 0 Å². The average Bonchev–Trinajstić information content (AvgIpc) is 3.20. The van der Waals surface area contributed by atoms with E-state index in [0.29, 0.717) is 30.3 Å². The summed E-state index contributed by atoms with van der Waals surface area (Å²) in [5.41, 5.74) is 0. The molecule has 10 nitrogen and oxygen atoms in total. The summed E-state index contributed by atoms with van der Waals surface area (Å²) < 4.78 is 33.8. The number of phosphoric ester groups is 1. The van der Waals surface area contributed by atoms with Crippen molar-refractivity contribution in [2.24, 2.45) is 0 Å². The molecule has 0 heterocycles. The first kappa shape index (κ1) is 57.6. The average molecular weight is 872 g/mol. The number of unbranched alkanes of at least 4 members (excludes halogenated alkanes) is 5. The van der Waals surface area contributed by atoms with Crippen LogP contribution < -0.4 is 4.89 Å². The number of nitrogens with zero attached hydrogens (tertiary/aromatic N) is 1. The fraction of sp³-hybridized carbons (Fsp3) is 0.600. The summed E-state index contributed by atoms with van der Waals surface area (Å²) >= 11 is 0. The van der Waals surface area contributed by atoms with E-state index in [9.17, 15) is 24.2 Å². The minimum absolute atomic E-state index is 0.0592. The Balaban J connectivity index is 4.53. The summed E-state index contributed by atoms with van der Waals surface area (Å²) in [7, 11) is 1.07. The number of hydrogen-bond acceptors (Lipinski definition) is 9. The van der Waals surface area contributed by atoms with Crippen molar-refractivity contribution in [2.45, 2.75) is 148 Å². The van der Waals surface area contributed by atoms with Gasteiger partial charge in [0.2, 0.25) is 0 Å². The summed E-state index contributed by atoms with van der Waals surface area (Å²) in [5.74, 6) is -0.968. The maximum absolute atomic E-state index is 12.7. The predicted octanol–water partition coefficient (Wildman–Crippen LogP) is 11.5. The van der Waals surface area contributed by atoms with Crippen molar-refractivity contribution >= 4 is 19.8 Å². The topological polar surface area (TPSA) is 131 Å². The van der Waals surface area contributed by atoms with E-state index in [0.717, 1.165) is 89.9 Å². The molecular weight excluding hydrogens is 790 g/mol. The number of likely N-dealkylation sites (N-methyl/N-ethyl adjacent to an activating group) is 1. The number of ether oxygens (including phenoxy) is 2. The van der Waals surface area contributed by atoms with Crippen LogP contribution >= 0.6 is 7.82 Å². The van der Waals surface area contributed by atoms with Crippen LogP contribution in [0.25, 0.3) is 0 Å². The molecule has 0 aliphatic heterocycles. The summed E-state index contributed by atoms with van der Waals surface area (Å²) in [6.07, 6.45) is 52.6. The lowest BCUT2D eigenvalue weighted by atomic mass is 10.1. The first-order valence-corrected chi connectivity index (χ1v) is 24.1. The van der Waals surface area contributed by atoms with Crippen molar-refractivity contribution in [1.82, 2.24) is 0 Å². The molecule has 1 N–H and O–H groups in total. The minimum Gasteiger partial charge on any atom is -0.756 e. The van der Waals surface area contributed by atoms with E-state index in [4.69, 9.17) is 18.5 Å². The summed E-state index contributed by atoms with van der Waals surface area (Å²) in [6.45, 7) is 3.52. The Hall–Kier alpha value is -3.37. The monoisotopic (exact) mass is 872 g/mol. The van der Waals surface area contributed by atoms with E-state index >= 15 is 0 Å². The first-order valence-electron chi connectivity index (χ1n) is 22.6. The van der Waals surface area contributed by atoms with Gasteiger partial charge >= 0.3 is 11.9 Å². The van der Waals surface area contributed by atoms with E-state index < -0.39 is 32.5 Å². The second-order valence-corrected chi connectivity index (χ2v) is 17.4. The normalized spacial score (nSPS) is 15.1. The van der Waals surface area contributed by atoms with E-state index in [1.54, 1.807) is 0 Å². The standard InChI is InChI=1S/C50H82NO9P/c1-6-7-8-9-10-11-12-13-14-15-16-17-20-23-26-29-32-35-38-41-49(53)57-45-48(46-59-61(55,56)58-44-43-51(3,4)5)60-50(54)42-39-36-33-30-27-24-21-18-19-22-25-28-31-34-37-40-47(2)52/h7-8,10-11,13-14,16-17,19,21-24,26,28,30-31,33,47-48,52H,6,9,12,15,18,20,25,27,29,32,34-46H2,1-5H3/b8-7-,11-10-,14-13-,17-16-,22-19-,24-21-,26-23-,31-28-,33-30-/t47-,48+/m0/s1. The molecule has 0 saturated heterocycles. The number of phosphoric acid groups is 1. The maximum Gasteiger partial charge on any atom is 0.306 e. The highest BCUT2D eigenvalue weighted by molar-refractivity contribution is 7.45. The lowest BCUT2D eigenvalue weighted by Gasteiger charge is -2.28. The zero-order chi connectivity index (χ0) is 45.1. The molecule has 61 heavy (non-hydrogen) atoms. The van der Waals surface area contributed by atoms with E-state index in [1.807, 2.05) is 40.2 Å². The van der Waals surface area contributed by atoms with E-state index in [2.05, 4.69) is 104 Å². The second-order valence-electron chi connectivity index (χ2n) is 16.0. The van der Waals surface area contributed by atoms with Gasteiger partial charge in [0.1, 0.15) is 19.8 Å². The maximum atomic E-state index is 12.7. The van der Waals surface area contributed by atoms with Crippen LogP contribution in [0, 0.1) is 0 Å². The molecule has 0 saturated carbocycles. The molecule has 0 bridgehead atoms. The van der Waals surface area contributed by atoms with Crippen molar-refractivity contribution < 1.29 is 47.2 Å². The van der Waals surface area contributed by atoms with Gasteiger partial charge in [0.05, 0.1) is 33.9 Å². The molecule has 0 aliphatic carbocycles. The zero-order valence-electron chi connectivity index (χ0n) is 38.4. The Labute approximate surface area is 370 Å². The molecule has 0 aliphatic rings. The van der Waals surface area contributed by atoms with Crippen LogP contribution in [0.3, 0.4) is 0 Å². The van der Waals surface area contributed by atoms with Crippen LogP contribution in [0.2, 0.25) is 0 Å². The van der Waals surface area contributed by atoms with Crippen LogP contribution in [0.4, 0.5) is 0 Å². The molecule has 3 atom stereocenters. The third-order valence-corrected chi connectivity index (χ3v) is 9.76. The SMILES string of the molecule is CC/C=C\C/C=C\C/C=C\C/C=C\C/C=C\CCCCCC(=O)OC[C@H](COP(=O)([O-])OCC[N+](C)(C)C)OC(=O)CCC/C=C\C/C=C\C/C=C\C/C=C\CCC[C@H](C)O. The molecule has 0 amide bonds. The smallest absolute Gasteiger partial charge is 0.306 e. The number of carbonyl (C=O) groups excluding carboxylic acids is 2. The van der Waals surface area contributed by atoms with Crippen LogP contribution in [0.15, 0.2) is 109 Å².